The topological polar surface area (TPSA) is 69.6 Å². The number of benzene rings is 2. The first-order valence-electron chi connectivity index (χ1n) is 8.49. The predicted molar refractivity (Wildman–Crippen MR) is 109 cm³/mol. The molecule has 0 bridgehead atoms. The zero-order chi connectivity index (χ0) is 20.1. The molecular formula is C21H19ClN2O4. The Morgan fingerprint density at radius 1 is 1.04 bits per heavy atom. The number of ether oxygens (including phenoxy) is 2. The fourth-order valence-electron chi connectivity index (χ4n) is 2.74. The number of para-hydroxylation sites is 1. The molecule has 1 aromatic heterocycles. The Hall–Kier alpha value is -3.25. The second-order valence-corrected chi connectivity index (χ2v) is 6.42. The van der Waals surface area contributed by atoms with Crippen molar-refractivity contribution >= 4 is 23.2 Å². The SMILES string of the molecule is COc1cc(Cn2cccc(C(=O)Nc3ccccc3Cl)c2=O)cc(OC)c1. The van der Waals surface area contributed by atoms with Crippen LogP contribution in [0.4, 0.5) is 5.69 Å². The maximum Gasteiger partial charge on any atom is 0.263 e. The van der Waals surface area contributed by atoms with Crippen molar-refractivity contribution in [2.75, 3.05) is 19.5 Å². The number of methoxy groups -OCH3 is 2. The van der Waals surface area contributed by atoms with E-state index in [4.69, 9.17) is 21.1 Å². The number of carbonyl (C=O) groups is 1. The van der Waals surface area contributed by atoms with E-state index in [-0.39, 0.29) is 12.1 Å². The lowest BCUT2D eigenvalue weighted by molar-refractivity contribution is 0.102. The minimum absolute atomic E-state index is 0.0253. The summed E-state index contributed by atoms with van der Waals surface area (Å²) in [6, 6.07) is 15.4. The van der Waals surface area contributed by atoms with Crippen LogP contribution in [-0.2, 0) is 6.54 Å². The quantitative estimate of drug-likeness (QED) is 0.685. The highest BCUT2D eigenvalue weighted by Gasteiger charge is 2.14. The lowest BCUT2D eigenvalue weighted by Crippen LogP contribution is -2.29. The second-order valence-electron chi connectivity index (χ2n) is 6.01. The maximum atomic E-state index is 12.8. The molecule has 1 amide bonds. The first-order valence-corrected chi connectivity index (χ1v) is 8.87. The van der Waals surface area contributed by atoms with E-state index in [0.717, 1.165) is 5.56 Å². The monoisotopic (exact) mass is 398 g/mol. The molecule has 3 rings (SSSR count). The van der Waals surface area contributed by atoms with Gasteiger partial charge in [-0.15, -0.1) is 0 Å². The molecule has 0 aliphatic heterocycles. The van der Waals surface area contributed by atoms with E-state index in [1.165, 1.54) is 10.6 Å². The number of nitrogens with zero attached hydrogens (tertiary/aromatic N) is 1. The van der Waals surface area contributed by atoms with Crippen LogP contribution >= 0.6 is 11.6 Å². The van der Waals surface area contributed by atoms with Crippen molar-refractivity contribution in [3.8, 4) is 11.5 Å². The van der Waals surface area contributed by atoms with Crippen LogP contribution in [0.25, 0.3) is 0 Å². The summed E-state index contributed by atoms with van der Waals surface area (Å²) in [6.07, 6.45) is 1.63. The third-order valence-electron chi connectivity index (χ3n) is 4.15. The van der Waals surface area contributed by atoms with Crippen LogP contribution in [0.5, 0.6) is 11.5 Å². The first kappa shape index (κ1) is 19.5. The average Bonchev–Trinajstić information content (AvgIpc) is 2.70. The van der Waals surface area contributed by atoms with E-state index >= 15 is 0 Å². The number of rotatable bonds is 6. The number of amides is 1. The average molecular weight is 399 g/mol. The molecule has 0 saturated heterocycles. The number of nitrogens with one attached hydrogen (secondary N) is 1. The normalized spacial score (nSPS) is 10.4. The van der Waals surface area contributed by atoms with Gasteiger partial charge in [-0.3, -0.25) is 9.59 Å². The smallest absolute Gasteiger partial charge is 0.263 e. The Balaban J connectivity index is 1.88. The summed E-state index contributed by atoms with van der Waals surface area (Å²) < 4.78 is 12.0. The number of halogens is 1. The van der Waals surface area contributed by atoms with Crippen LogP contribution in [-0.4, -0.2) is 24.7 Å². The summed E-state index contributed by atoms with van der Waals surface area (Å²) in [5.41, 5.74) is 0.870. The molecule has 0 radical (unpaired) electrons. The zero-order valence-electron chi connectivity index (χ0n) is 15.4. The maximum absolute atomic E-state index is 12.8. The molecule has 0 atom stereocenters. The molecule has 0 saturated carbocycles. The highest BCUT2D eigenvalue weighted by molar-refractivity contribution is 6.33. The number of hydrogen-bond acceptors (Lipinski definition) is 4. The minimum Gasteiger partial charge on any atom is -0.497 e. The molecule has 1 N–H and O–H groups in total. The van der Waals surface area contributed by atoms with Crippen LogP contribution in [0.15, 0.2) is 65.6 Å². The third kappa shape index (κ3) is 4.35. The van der Waals surface area contributed by atoms with Gasteiger partial charge in [-0.05, 0) is 42.0 Å². The summed E-state index contributed by atoms with van der Waals surface area (Å²) in [7, 11) is 3.12. The van der Waals surface area contributed by atoms with Crippen molar-refractivity contribution in [1.29, 1.82) is 0 Å². The number of anilines is 1. The summed E-state index contributed by atoms with van der Waals surface area (Å²) in [4.78, 5) is 25.4. The Morgan fingerprint density at radius 3 is 2.36 bits per heavy atom. The molecule has 0 aliphatic carbocycles. The molecule has 1 heterocycles. The Bertz CT molecular complexity index is 1040. The molecule has 7 heteroatoms. The van der Waals surface area contributed by atoms with Gasteiger partial charge in [0.2, 0.25) is 0 Å². The predicted octanol–water partition coefficient (Wildman–Crippen LogP) is 3.82. The van der Waals surface area contributed by atoms with Crippen LogP contribution in [0.2, 0.25) is 5.02 Å². The summed E-state index contributed by atoms with van der Waals surface area (Å²) >= 11 is 6.07. The van der Waals surface area contributed by atoms with Gasteiger partial charge >= 0.3 is 0 Å². The van der Waals surface area contributed by atoms with Crippen molar-refractivity contribution < 1.29 is 14.3 Å². The molecule has 6 nitrogen and oxygen atoms in total. The fraction of sp³-hybridized carbons (Fsp3) is 0.143. The number of aromatic nitrogens is 1. The Kier molecular flexibility index (Phi) is 6.01. The van der Waals surface area contributed by atoms with E-state index in [9.17, 15) is 9.59 Å². The van der Waals surface area contributed by atoms with Gasteiger partial charge in [-0.25, -0.2) is 0 Å². The van der Waals surface area contributed by atoms with Gasteiger partial charge in [0.15, 0.2) is 0 Å². The van der Waals surface area contributed by atoms with E-state index in [1.54, 1.807) is 56.8 Å². The van der Waals surface area contributed by atoms with Crippen LogP contribution in [0.1, 0.15) is 15.9 Å². The minimum atomic E-state index is -0.518. The molecule has 2 aromatic carbocycles. The molecule has 0 fully saturated rings. The lowest BCUT2D eigenvalue weighted by Gasteiger charge is -2.12. The number of carbonyl (C=O) groups excluding carboxylic acids is 1. The molecular weight excluding hydrogens is 380 g/mol. The van der Waals surface area contributed by atoms with Gasteiger partial charge in [-0.1, -0.05) is 23.7 Å². The van der Waals surface area contributed by atoms with Gasteiger partial charge in [0.1, 0.15) is 17.1 Å². The van der Waals surface area contributed by atoms with Crippen molar-refractivity contribution in [1.82, 2.24) is 4.57 Å². The summed E-state index contributed by atoms with van der Waals surface area (Å²) in [5, 5.41) is 3.07. The highest BCUT2D eigenvalue weighted by atomic mass is 35.5. The molecule has 144 valence electrons. The summed E-state index contributed by atoms with van der Waals surface area (Å²) in [5.74, 6) is 0.723. The Labute approximate surface area is 167 Å². The second kappa shape index (κ2) is 8.63. The van der Waals surface area contributed by atoms with Gasteiger partial charge < -0.3 is 19.4 Å². The van der Waals surface area contributed by atoms with E-state index in [0.29, 0.717) is 22.2 Å². The molecule has 0 aliphatic rings. The standard InChI is InChI=1S/C21H19ClN2O4/c1-27-15-10-14(11-16(12-15)28-2)13-24-9-5-6-17(21(24)26)20(25)23-19-8-4-3-7-18(19)22/h3-12H,13H2,1-2H3,(H,23,25). The zero-order valence-corrected chi connectivity index (χ0v) is 16.2. The van der Waals surface area contributed by atoms with E-state index in [1.807, 2.05) is 12.1 Å². The number of hydrogen-bond donors (Lipinski definition) is 1. The molecule has 3 aromatic rings. The van der Waals surface area contributed by atoms with Crippen LogP contribution < -0.4 is 20.3 Å². The molecule has 28 heavy (non-hydrogen) atoms. The van der Waals surface area contributed by atoms with Crippen molar-refractivity contribution in [3.63, 3.8) is 0 Å². The van der Waals surface area contributed by atoms with Crippen molar-refractivity contribution in [2.24, 2.45) is 0 Å². The van der Waals surface area contributed by atoms with Crippen LogP contribution in [0, 0.1) is 0 Å². The van der Waals surface area contributed by atoms with Crippen molar-refractivity contribution in [2.45, 2.75) is 6.54 Å². The van der Waals surface area contributed by atoms with Gasteiger partial charge in [0.25, 0.3) is 11.5 Å². The first-order chi connectivity index (χ1) is 13.5. The van der Waals surface area contributed by atoms with Crippen molar-refractivity contribution in [3.05, 3.63) is 87.3 Å². The summed E-state index contributed by atoms with van der Waals surface area (Å²) in [6.45, 7) is 0.263. The van der Waals surface area contributed by atoms with E-state index in [2.05, 4.69) is 5.32 Å². The van der Waals surface area contributed by atoms with Crippen LogP contribution in [0.3, 0.4) is 0 Å². The van der Waals surface area contributed by atoms with E-state index < -0.39 is 11.5 Å². The lowest BCUT2D eigenvalue weighted by atomic mass is 10.2. The van der Waals surface area contributed by atoms with Gasteiger partial charge in [0.05, 0.1) is 31.5 Å². The highest BCUT2D eigenvalue weighted by Crippen LogP contribution is 2.23. The van der Waals surface area contributed by atoms with Gasteiger partial charge in [0, 0.05) is 12.3 Å². The van der Waals surface area contributed by atoms with Gasteiger partial charge in [-0.2, -0.15) is 0 Å². The fourth-order valence-corrected chi connectivity index (χ4v) is 2.92. The third-order valence-corrected chi connectivity index (χ3v) is 4.48. The molecule has 0 spiro atoms. The largest absolute Gasteiger partial charge is 0.497 e. The molecule has 0 unspecified atom stereocenters. The Morgan fingerprint density at radius 2 is 1.71 bits per heavy atom. The number of pyridine rings is 1.